The molecule has 1 heterocycles. The van der Waals surface area contributed by atoms with Gasteiger partial charge in [0.1, 0.15) is 18.1 Å². The van der Waals surface area contributed by atoms with Crippen LogP contribution in [0.5, 0.6) is 5.75 Å². The van der Waals surface area contributed by atoms with Gasteiger partial charge in [-0.2, -0.15) is 0 Å². The highest BCUT2D eigenvalue weighted by Gasteiger charge is 2.25. The highest BCUT2D eigenvalue weighted by Crippen LogP contribution is 2.30. The second kappa shape index (κ2) is 6.70. The van der Waals surface area contributed by atoms with E-state index in [-0.39, 0.29) is 25.5 Å². The number of anilines is 2. The molecule has 124 valence electrons. The Morgan fingerprint density at radius 1 is 1.29 bits per heavy atom. The van der Waals surface area contributed by atoms with Crippen LogP contribution in [0.2, 0.25) is 0 Å². The van der Waals surface area contributed by atoms with Gasteiger partial charge in [0.05, 0.1) is 18.7 Å². The van der Waals surface area contributed by atoms with E-state index in [1.165, 1.54) is 11.0 Å². The van der Waals surface area contributed by atoms with Crippen LogP contribution >= 0.6 is 0 Å². The summed E-state index contributed by atoms with van der Waals surface area (Å²) in [6.07, 6.45) is 0.196. The molecule has 0 radical (unpaired) electrons. The van der Waals surface area contributed by atoms with E-state index in [4.69, 9.17) is 4.74 Å². The van der Waals surface area contributed by atoms with Gasteiger partial charge in [0, 0.05) is 5.69 Å². The Hall–Kier alpha value is -2.89. The van der Waals surface area contributed by atoms with Crippen molar-refractivity contribution in [1.29, 1.82) is 0 Å². The van der Waals surface area contributed by atoms with Crippen molar-refractivity contribution in [2.24, 2.45) is 0 Å². The maximum atomic E-state index is 13.6. The molecule has 2 aromatic rings. The van der Waals surface area contributed by atoms with Gasteiger partial charge in [-0.15, -0.1) is 0 Å². The van der Waals surface area contributed by atoms with Crippen LogP contribution in [0, 0.1) is 12.7 Å². The summed E-state index contributed by atoms with van der Waals surface area (Å²) in [5, 5.41) is 2.62. The van der Waals surface area contributed by atoms with Crippen LogP contribution in [0.3, 0.4) is 0 Å². The molecular weight excluding hydrogens is 311 g/mol. The van der Waals surface area contributed by atoms with E-state index < -0.39 is 11.7 Å². The minimum Gasteiger partial charge on any atom is -0.491 e. The molecule has 2 aromatic carbocycles. The third-order valence-electron chi connectivity index (χ3n) is 3.79. The molecule has 0 atom stereocenters. The number of fused-ring (bicyclic) bond motifs is 1. The van der Waals surface area contributed by atoms with Gasteiger partial charge >= 0.3 is 0 Å². The standard InChI is InChI=1S/C18H17FN2O3/c1-12-6-7-13(10-14(12)19)20-17(22)11-21-15-4-2-3-5-16(15)24-9-8-18(21)23/h2-7,10H,8-9,11H2,1H3,(H,20,22). The smallest absolute Gasteiger partial charge is 0.244 e. The number of para-hydroxylation sites is 2. The van der Waals surface area contributed by atoms with E-state index in [0.717, 1.165) is 0 Å². The van der Waals surface area contributed by atoms with Gasteiger partial charge in [-0.05, 0) is 36.8 Å². The molecule has 0 saturated carbocycles. The summed E-state index contributed by atoms with van der Waals surface area (Å²) >= 11 is 0. The van der Waals surface area contributed by atoms with Gasteiger partial charge in [-0.1, -0.05) is 18.2 Å². The van der Waals surface area contributed by atoms with Crippen LogP contribution in [0.25, 0.3) is 0 Å². The van der Waals surface area contributed by atoms with Crippen molar-refractivity contribution in [3.8, 4) is 5.75 Å². The van der Waals surface area contributed by atoms with Gasteiger partial charge < -0.3 is 10.1 Å². The van der Waals surface area contributed by atoms with Crippen molar-refractivity contribution in [2.45, 2.75) is 13.3 Å². The van der Waals surface area contributed by atoms with E-state index in [0.29, 0.717) is 22.7 Å². The monoisotopic (exact) mass is 328 g/mol. The van der Waals surface area contributed by atoms with E-state index >= 15 is 0 Å². The Labute approximate surface area is 139 Å². The molecular formula is C18H17FN2O3. The fourth-order valence-electron chi connectivity index (χ4n) is 2.51. The molecule has 5 nitrogen and oxygen atoms in total. The summed E-state index contributed by atoms with van der Waals surface area (Å²) in [7, 11) is 0. The van der Waals surface area contributed by atoms with E-state index in [2.05, 4.69) is 5.32 Å². The van der Waals surface area contributed by atoms with Crippen molar-refractivity contribution < 1.29 is 18.7 Å². The fourth-order valence-corrected chi connectivity index (χ4v) is 2.51. The van der Waals surface area contributed by atoms with Gasteiger partial charge in [0.2, 0.25) is 11.8 Å². The number of nitrogens with one attached hydrogen (secondary N) is 1. The molecule has 0 aromatic heterocycles. The lowest BCUT2D eigenvalue weighted by Gasteiger charge is -2.21. The normalized spacial score (nSPS) is 13.8. The minimum atomic E-state index is -0.400. The molecule has 0 fully saturated rings. The van der Waals surface area contributed by atoms with Gasteiger partial charge in [-0.3, -0.25) is 14.5 Å². The van der Waals surface area contributed by atoms with Crippen LogP contribution < -0.4 is 15.0 Å². The topological polar surface area (TPSA) is 58.6 Å². The summed E-state index contributed by atoms with van der Waals surface area (Å²) in [6.45, 7) is 1.76. The molecule has 6 heteroatoms. The zero-order valence-electron chi connectivity index (χ0n) is 13.2. The number of ether oxygens (including phenoxy) is 1. The number of halogens is 1. The average Bonchev–Trinajstić information content (AvgIpc) is 2.71. The Kier molecular flexibility index (Phi) is 4.46. The van der Waals surface area contributed by atoms with E-state index in [9.17, 15) is 14.0 Å². The number of nitrogens with zero attached hydrogens (tertiary/aromatic N) is 1. The van der Waals surface area contributed by atoms with Gasteiger partial charge in [0.15, 0.2) is 0 Å². The van der Waals surface area contributed by atoms with E-state index in [1.54, 1.807) is 37.3 Å². The predicted molar refractivity (Wildman–Crippen MR) is 88.7 cm³/mol. The summed E-state index contributed by atoms with van der Waals surface area (Å²) in [6, 6.07) is 11.5. The first-order chi connectivity index (χ1) is 11.5. The van der Waals surface area contributed by atoms with Crippen molar-refractivity contribution in [1.82, 2.24) is 0 Å². The Bertz CT molecular complexity index is 792. The maximum Gasteiger partial charge on any atom is 0.244 e. The summed E-state index contributed by atoms with van der Waals surface area (Å²) in [4.78, 5) is 25.9. The molecule has 0 saturated heterocycles. The zero-order valence-corrected chi connectivity index (χ0v) is 13.2. The first-order valence-corrected chi connectivity index (χ1v) is 7.63. The molecule has 1 N–H and O–H groups in total. The summed E-state index contributed by atoms with van der Waals surface area (Å²) < 4.78 is 19.1. The number of hydrogen-bond donors (Lipinski definition) is 1. The highest BCUT2D eigenvalue weighted by molar-refractivity contribution is 6.03. The zero-order chi connectivity index (χ0) is 17.1. The molecule has 1 aliphatic heterocycles. The first-order valence-electron chi connectivity index (χ1n) is 7.63. The average molecular weight is 328 g/mol. The lowest BCUT2D eigenvalue weighted by Crippen LogP contribution is -2.37. The van der Waals surface area contributed by atoms with Crippen molar-refractivity contribution in [3.63, 3.8) is 0 Å². The fraction of sp³-hybridized carbons (Fsp3) is 0.222. The van der Waals surface area contributed by atoms with E-state index in [1.807, 2.05) is 6.07 Å². The number of carbonyl (C=O) groups excluding carboxylic acids is 2. The molecule has 0 unspecified atom stereocenters. The van der Waals surface area contributed by atoms with Crippen LogP contribution in [0.15, 0.2) is 42.5 Å². The number of hydrogen-bond acceptors (Lipinski definition) is 3. The molecule has 24 heavy (non-hydrogen) atoms. The van der Waals surface area contributed by atoms with Crippen LogP contribution in [-0.4, -0.2) is 25.0 Å². The van der Waals surface area contributed by atoms with Crippen molar-refractivity contribution in [2.75, 3.05) is 23.4 Å². The molecule has 0 bridgehead atoms. The summed E-state index contributed by atoms with van der Waals surface area (Å²) in [5.74, 6) is -0.414. The third kappa shape index (κ3) is 3.37. The minimum absolute atomic E-state index is 0.158. The lowest BCUT2D eigenvalue weighted by atomic mass is 10.2. The number of amides is 2. The number of carbonyl (C=O) groups is 2. The third-order valence-corrected chi connectivity index (χ3v) is 3.79. The highest BCUT2D eigenvalue weighted by atomic mass is 19.1. The van der Waals surface area contributed by atoms with Crippen LogP contribution in [0.4, 0.5) is 15.8 Å². The SMILES string of the molecule is Cc1ccc(NC(=O)CN2C(=O)CCOc3ccccc32)cc1F. The maximum absolute atomic E-state index is 13.6. The second-order valence-corrected chi connectivity index (χ2v) is 5.56. The Morgan fingerprint density at radius 3 is 2.88 bits per heavy atom. The van der Waals surface area contributed by atoms with Crippen LogP contribution in [0.1, 0.15) is 12.0 Å². The molecule has 2 amide bonds. The lowest BCUT2D eigenvalue weighted by molar-refractivity contribution is -0.121. The largest absolute Gasteiger partial charge is 0.491 e. The quantitative estimate of drug-likeness (QED) is 0.942. The summed E-state index contributed by atoms with van der Waals surface area (Å²) in [5.41, 5.74) is 1.42. The Morgan fingerprint density at radius 2 is 2.08 bits per heavy atom. The molecule has 0 aliphatic carbocycles. The molecule has 0 spiro atoms. The Balaban J connectivity index is 1.77. The first kappa shape index (κ1) is 16.0. The predicted octanol–water partition coefficient (Wildman–Crippen LogP) is 2.89. The van der Waals surface area contributed by atoms with Crippen molar-refractivity contribution >= 4 is 23.2 Å². The van der Waals surface area contributed by atoms with Crippen LogP contribution in [-0.2, 0) is 9.59 Å². The molecule has 1 aliphatic rings. The van der Waals surface area contributed by atoms with Gasteiger partial charge in [0.25, 0.3) is 0 Å². The second-order valence-electron chi connectivity index (χ2n) is 5.56. The number of rotatable bonds is 3. The molecule has 3 rings (SSSR count). The van der Waals surface area contributed by atoms with Gasteiger partial charge in [-0.25, -0.2) is 4.39 Å². The van der Waals surface area contributed by atoms with Crippen molar-refractivity contribution in [3.05, 3.63) is 53.8 Å². The number of benzene rings is 2. The number of aryl methyl sites for hydroxylation is 1.